The summed E-state index contributed by atoms with van der Waals surface area (Å²) < 4.78 is 47.4. The molecule has 1 N–H and O–H groups in total. The second-order valence-corrected chi connectivity index (χ2v) is 8.90. The summed E-state index contributed by atoms with van der Waals surface area (Å²) in [6, 6.07) is 6.46. The molecular weight excluding hydrogens is 466 g/mol. The number of rotatable bonds is 5. The Bertz CT molecular complexity index is 1210. The summed E-state index contributed by atoms with van der Waals surface area (Å²) in [4.78, 5) is 15.3. The molecule has 2 aromatic carbocycles. The van der Waals surface area contributed by atoms with Crippen molar-refractivity contribution in [2.45, 2.75) is 52.5 Å². The first-order valence-electron chi connectivity index (χ1n) is 9.93. The fourth-order valence-corrected chi connectivity index (χ4v) is 4.24. The molecule has 0 unspecified atom stereocenters. The van der Waals surface area contributed by atoms with Crippen LogP contribution in [-0.2, 0) is 12.7 Å². The molecule has 0 aliphatic rings. The van der Waals surface area contributed by atoms with Gasteiger partial charge in [0.05, 0.1) is 21.5 Å². The van der Waals surface area contributed by atoms with Crippen LogP contribution in [0.4, 0.5) is 13.2 Å². The van der Waals surface area contributed by atoms with Crippen molar-refractivity contribution in [3.8, 4) is 16.9 Å². The highest BCUT2D eigenvalue weighted by Gasteiger charge is 2.40. The highest BCUT2D eigenvalue weighted by atomic mass is 35.5. The van der Waals surface area contributed by atoms with E-state index >= 15 is 0 Å². The molecule has 32 heavy (non-hydrogen) atoms. The van der Waals surface area contributed by atoms with Gasteiger partial charge in [-0.2, -0.15) is 13.2 Å². The molecule has 0 fully saturated rings. The molecule has 0 saturated heterocycles. The zero-order chi connectivity index (χ0) is 24.0. The molecule has 3 rings (SSSR count). The summed E-state index contributed by atoms with van der Waals surface area (Å²) in [5.41, 5.74) is -1.93. The summed E-state index contributed by atoms with van der Waals surface area (Å²) in [6.07, 6.45) is -4.98. The molecule has 0 radical (unpaired) electrons. The van der Waals surface area contributed by atoms with E-state index in [1.807, 2.05) is 32.6 Å². The number of phenols is 1. The quantitative estimate of drug-likeness (QED) is 0.416. The minimum absolute atomic E-state index is 0.0330. The summed E-state index contributed by atoms with van der Waals surface area (Å²) in [6.45, 7) is 7.82. The molecule has 0 atom stereocenters. The first kappa shape index (κ1) is 24.4. The van der Waals surface area contributed by atoms with Crippen molar-refractivity contribution in [3.05, 3.63) is 61.9 Å². The van der Waals surface area contributed by atoms with E-state index in [1.165, 1.54) is 30.3 Å². The lowest BCUT2D eigenvalue weighted by Crippen LogP contribution is -2.36. The number of benzene rings is 2. The number of hydrogen-bond acceptors (Lipinski definition) is 4. The topological polar surface area (TPSA) is 53.7 Å². The van der Waals surface area contributed by atoms with Crippen LogP contribution >= 0.6 is 23.2 Å². The summed E-state index contributed by atoms with van der Waals surface area (Å²) >= 11 is 12.0. The van der Waals surface area contributed by atoms with Crippen molar-refractivity contribution in [1.82, 2.24) is 4.90 Å². The van der Waals surface area contributed by atoms with Crippen molar-refractivity contribution in [3.63, 3.8) is 0 Å². The van der Waals surface area contributed by atoms with Gasteiger partial charge in [-0.1, -0.05) is 29.3 Å². The maximum Gasteiger partial charge on any atom is 0.450 e. The lowest BCUT2D eigenvalue weighted by atomic mass is 9.99. The van der Waals surface area contributed by atoms with E-state index in [1.54, 1.807) is 0 Å². The Morgan fingerprint density at radius 3 is 2.22 bits per heavy atom. The SMILES string of the molecule is CC(C)N(Cc1c(O)ccc2c(=O)c(-c3ccc(Cl)cc3Cl)c(C(F)(F)F)oc12)C(C)C. The largest absolute Gasteiger partial charge is 0.507 e. The number of nitrogens with zero attached hydrogens (tertiary/aromatic N) is 1. The molecule has 0 amide bonds. The third-order valence-corrected chi connectivity index (χ3v) is 5.81. The predicted octanol–water partition coefficient (Wildman–Crippen LogP) is 7.11. The van der Waals surface area contributed by atoms with Crippen LogP contribution in [0.15, 0.2) is 39.5 Å². The van der Waals surface area contributed by atoms with Gasteiger partial charge < -0.3 is 9.52 Å². The van der Waals surface area contributed by atoms with Gasteiger partial charge in [-0.25, -0.2) is 0 Å². The van der Waals surface area contributed by atoms with Gasteiger partial charge in [-0.15, -0.1) is 0 Å². The lowest BCUT2D eigenvalue weighted by molar-refractivity contribution is -0.152. The van der Waals surface area contributed by atoms with E-state index in [4.69, 9.17) is 27.6 Å². The van der Waals surface area contributed by atoms with Crippen molar-refractivity contribution in [1.29, 1.82) is 0 Å². The van der Waals surface area contributed by atoms with Crippen LogP contribution in [0.1, 0.15) is 39.0 Å². The molecule has 4 nitrogen and oxygen atoms in total. The highest BCUT2D eigenvalue weighted by molar-refractivity contribution is 6.36. The highest BCUT2D eigenvalue weighted by Crippen LogP contribution is 2.41. The van der Waals surface area contributed by atoms with Crippen LogP contribution in [0.25, 0.3) is 22.1 Å². The Morgan fingerprint density at radius 2 is 1.69 bits per heavy atom. The van der Waals surface area contributed by atoms with E-state index in [2.05, 4.69) is 0 Å². The van der Waals surface area contributed by atoms with Gasteiger partial charge in [0.2, 0.25) is 11.2 Å². The molecule has 0 aliphatic heterocycles. The number of alkyl halides is 3. The maximum absolute atomic E-state index is 14.0. The fourth-order valence-electron chi connectivity index (χ4n) is 3.74. The van der Waals surface area contributed by atoms with E-state index in [0.29, 0.717) is 0 Å². The van der Waals surface area contributed by atoms with Crippen LogP contribution in [0.2, 0.25) is 10.0 Å². The monoisotopic (exact) mass is 487 g/mol. The third kappa shape index (κ3) is 4.60. The lowest BCUT2D eigenvalue weighted by Gasteiger charge is -2.31. The first-order chi connectivity index (χ1) is 14.8. The molecular formula is C23H22Cl2F3NO3. The molecule has 0 saturated carbocycles. The second kappa shape index (κ2) is 8.96. The Balaban J connectivity index is 2.39. The molecule has 3 aromatic rings. The van der Waals surface area contributed by atoms with Crippen LogP contribution in [0, 0.1) is 0 Å². The van der Waals surface area contributed by atoms with Gasteiger partial charge >= 0.3 is 6.18 Å². The van der Waals surface area contributed by atoms with E-state index in [-0.39, 0.29) is 56.5 Å². The summed E-state index contributed by atoms with van der Waals surface area (Å²) in [5.74, 6) is -1.73. The minimum atomic E-state index is -4.98. The van der Waals surface area contributed by atoms with Gasteiger partial charge in [0.1, 0.15) is 11.3 Å². The number of fused-ring (bicyclic) bond motifs is 1. The van der Waals surface area contributed by atoms with Crippen molar-refractivity contribution in [2.75, 3.05) is 0 Å². The Hall–Kier alpha value is -2.22. The molecule has 0 aliphatic carbocycles. The Kier molecular flexibility index (Phi) is 6.84. The van der Waals surface area contributed by atoms with Gasteiger partial charge in [0, 0.05) is 29.2 Å². The normalized spacial score (nSPS) is 12.5. The number of hydrogen-bond donors (Lipinski definition) is 1. The van der Waals surface area contributed by atoms with Crippen molar-refractivity contribution in [2.24, 2.45) is 0 Å². The fraction of sp³-hybridized carbons (Fsp3) is 0.348. The number of halogens is 5. The zero-order valence-electron chi connectivity index (χ0n) is 17.8. The molecule has 1 aromatic heterocycles. The molecule has 0 bridgehead atoms. The van der Waals surface area contributed by atoms with E-state index in [9.17, 15) is 23.1 Å². The number of phenolic OH excluding ortho intramolecular Hbond substituents is 1. The predicted molar refractivity (Wildman–Crippen MR) is 120 cm³/mol. The summed E-state index contributed by atoms with van der Waals surface area (Å²) in [5, 5.41) is 10.5. The van der Waals surface area contributed by atoms with Gasteiger partial charge in [0.25, 0.3) is 0 Å². The standard InChI is InChI=1S/C23H22Cl2F3NO3/c1-11(2)29(12(3)4)10-16-18(30)8-7-15-20(31)19(14-6-5-13(24)9-17(14)25)22(23(26,27)28)32-21(15)16/h5-9,11-12,30H,10H2,1-4H3. The van der Waals surface area contributed by atoms with Gasteiger partial charge in [0.15, 0.2) is 0 Å². The Labute approximate surface area is 193 Å². The molecule has 9 heteroatoms. The maximum atomic E-state index is 14.0. The Morgan fingerprint density at radius 1 is 1.06 bits per heavy atom. The molecule has 0 spiro atoms. The second-order valence-electron chi connectivity index (χ2n) is 8.06. The van der Waals surface area contributed by atoms with Crippen LogP contribution in [0.5, 0.6) is 5.75 Å². The van der Waals surface area contributed by atoms with E-state index < -0.39 is 22.9 Å². The minimum Gasteiger partial charge on any atom is -0.507 e. The van der Waals surface area contributed by atoms with Gasteiger partial charge in [-0.05, 0) is 52.0 Å². The van der Waals surface area contributed by atoms with Crippen molar-refractivity contribution < 1.29 is 22.7 Å². The average Bonchev–Trinajstić information content (AvgIpc) is 2.66. The van der Waals surface area contributed by atoms with Crippen LogP contribution in [-0.4, -0.2) is 22.1 Å². The van der Waals surface area contributed by atoms with Crippen LogP contribution < -0.4 is 5.43 Å². The van der Waals surface area contributed by atoms with Crippen LogP contribution in [0.3, 0.4) is 0 Å². The smallest absolute Gasteiger partial charge is 0.450 e. The zero-order valence-corrected chi connectivity index (χ0v) is 19.4. The molecule has 1 heterocycles. The first-order valence-corrected chi connectivity index (χ1v) is 10.7. The van der Waals surface area contributed by atoms with E-state index in [0.717, 1.165) is 0 Å². The molecule has 172 valence electrons. The van der Waals surface area contributed by atoms with Gasteiger partial charge in [-0.3, -0.25) is 9.69 Å². The average molecular weight is 488 g/mol. The third-order valence-electron chi connectivity index (χ3n) is 5.26. The summed E-state index contributed by atoms with van der Waals surface area (Å²) in [7, 11) is 0. The van der Waals surface area contributed by atoms with Crippen molar-refractivity contribution >= 4 is 34.2 Å². The number of aromatic hydroxyl groups is 1.